The summed E-state index contributed by atoms with van der Waals surface area (Å²) in [6, 6.07) is 15.1. The normalized spacial score (nSPS) is 22.3. The van der Waals surface area contributed by atoms with Gasteiger partial charge in [0.2, 0.25) is 26.0 Å². The average Bonchev–Trinajstić information content (AvgIpc) is 3.35. The van der Waals surface area contributed by atoms with Gasteiger partial charge in [-0.3, -0.25) is 9.69 Å². The number of carbonyl (C=O) groups is 1. The van der Waals surface area contributed by atoms with Gasteiger partial charge in [0, 0.05) is 12.6 Å². The number of anilines is 1. The lowest BCUT2D eigenvalue weighted by Gasteiger charge is -2.28. The Kier molecular flexibility index (Phi) is 6.39. The molecular weight excluding hydrogens is 450 g/mol. The molecule has 1 N–H and O–H groups in total. The number of hydrogen-bond donors (Lipinski definition) is 1. The van der Waals surface area contributed by atoms with Gasteiger partial charge in [-0.25, -0.2) is 25.9 Å². The van der Waals surface area contributed by atoms with Gasteiger partial charge in [-0.2, -0.15) is 0 Å². The fourth-order valence-corrected chi connectivity index (χ4v) is 7.16. The fraction of sp³-hybridized carbons (Fsp3) is 0.409. The van der Waals surface area contributed by atoms with Crippen LogP contribution in [-0.4, -0.2) is 53.0 Å². The second kappa shape index (κ2) is 8.93. The van der Waals surface area contributed by atoms with Crippen LogP contribution in [0.2, 0.25) is 0 Å². The summed E-state index contributed by atoms with van der Waals surface area (Å²) in [5.74, 6) is -1.37. The van der Waals surface area contributed by atoms with Crippen LogP contribution in [0.25, 0.3) is 0 Å². The molecule has 172 valence electrons. The van der Waals surface area contributed by atoms with Crippen LogP contribution in [-0.2, 0) is 24.8 Å². The third-order valence-corrected chi connectivity index (χ3v) is 9.28. The van der Waals surface area contributed by atoms with E-state index in [4.69, 9.17) is 0 Å². The third-order valence-electron chi connectivity index (χ3n) is 5.97. The Morgan fingerprint density at radius 3 is 2.22 bits per heavy atom. The first kappa shape index (κ1) is 22.9. The number of amides is 1. The minimum Gasteiger partial charge on any atom is -0.295 e. The monoisotopic (exact) mass is 477 g/mol. The molecule has 4 rings (SSSR count). The number of carbonyl (C=O) groups excluding carboxylic acids is 1. The van der Waals surface area contributed by atoms with E-state index in [1.807, 2.05) is 30.3 Å². The summed E-state index contributed by atoms with van der Waals surface area (Å²) in [6.07, 6.45) is 2.18. The maximum absolute atomic E-state index is 12.9. The Bertz CT molecular complexity index is 1180. The van der Waals surface area contributed by atoms with Crippen LogP contribution in [0.15, 0.2) is 59.5 Å². The molecule has 2 unspecified atom stereocenters. The maximum Gasteiger partial charge on any atom is 0.244 e. The summed E-state index contributed by atoms with van der Waals surface area (Å²) in [5.41, 5.74) is 1.21. The summed E-state index contributed by atoms with van der Waals surface area (Å²) in [5, 5.41) is 0. The summed E-state index contributed by atoms with van der Waals surface area (Å²) < 4.78 is 53.9. The molecule has 0 radical (unpaired) electrons. The summed E-state index contributed by atoms with van der Waals surface area (Å²) in [6.45, 7) is 3.64. The molecule has 1 amide bonds. The summed E-state index contributed by atoms with van der Waals surface area (Å²) in [4.78, 5) is 14.6. The molecule has 0 saturated carbocycles. The van der Waals surface area contributed by atoms with Crippen LogP contribution in [0.5, 0.6) is 0 Å². The molecule has 2 atom stereocenters. The smallest absolute Gasteiger partial charge is 0.244 e. The van der Waals surface area contributed by atoms with Gasteiger partial charge in [-0.15, -0.1) is 0 Å². The number of benzene rings is 2. The van der Waals surface area contributed by atoms with Crippen LogP contribution in [0.3, 0.4) is 0 Å². The Balaban J connectivity index is 1.51. The highest BCUT2D eigenvalue weighted by atomic mass is 32.2. The standard InChI is InChI=1S/C22H27N3O5S2/c1-17-16-31(27,28)25(22(17)26)19-9-11-20(12-10-19)32(29,30)23-15-21(24-13-5-6-14-24)18-7-3-2-4-8-18/h2-4,7-12,17,21,23H,5-6,13-16H2,1H3. The van der Waals surface area contributed by atoms with Crippen molar-refractivity contribution in [2.45, 2.75) is 30.7 Å². The Hall–Kier alpha value is -2.27. The topological polar surface area (TPSA) is 104 Å². The van der Waals surface area contributed by atoms with Crippen molar-refractivity contribution in [3.05, 3.63) is 60.2 Å². The van der Waals surface area contributed by atoms with Crippen molar-refractivity contribution in [3.63, 3.8) is 0 Å². The van der Waals surface area contributed by atoms with Crippen molar-refractivity contribution >= 4 is 31.6 Å². The van der Waals surface area contributed by atoms with Crippen LogP contribution in [0.1, 0.15) is 31.4 Å². The predicted molar refractivity (Wildman–Crippen MR) is 122 cm³/mol. The van der Waals surface area contributed by atoms with E-state index in [-0.39, 0.29) is 28.9 Å². The lowest BCUT2D eigenvalue weighted by atomic mass is 10.1. The molecule has 10 heteroatoms. The highest BCUT2D eigenvalue weighted by Crippen LogP contribution is 2.29. The molecule has 0 aromatic heterocycles. The van der Waals surface area contributed by atoms with Gasteiger partial charge in [-0.05, 0) is 55.8 Å². The molecule has 2 saturated heterocycles. The third kappa shape index (κ3) is 4.59. The van der Waals surface area contributed by atoms with Crippen LogP contribution >= 0.6 is 0 Å². The van der Waals surface area contributed by atoms with E-state index in [0.29, 0.717) is 0 Å². The summed E-state index contributed by atoms with van der Waals surface area (Å²) in [7, 11) is -7.55. The van der Waals surface area contributed by atoms with Gasteiger partial charge >= 0.3 is 0 Å². The minimum absolute atomic E-state index is 0.0200. The summed E-state index contributed by atoms with van der Waals surface area (Å²) >= 11 is 0. The molecule has 32 heavy (non-hydrogen) atoms. The zero-order valence-electron chi connectivity index (χ0n) is 17.8. The molecule has 2 aliphatic heterocycles. The van der Waals surface area contributed by atoms with Gasteiger partial charge in [0.25, 0.3) is 0 Å². The molecule has 2 heterocycles. The number of likely N-dealkylation sites (tertiary alicyclic amines) is 1. The first-order chi connectivity index (χ1) is 15.2. The van der Waals surface area contributed by atoms with Gasteiger partial charge in [0.05, 0.1) is 22.3 Å². The van der Waals surface area contributed by atoms with E-state index in [2.05, 4.69) is 9.62 Å². The van der Waals surface area contributed by atoms with E-state index in [9.17, 15) is 21.6 Å². The predicted octanol–water partition coefficient (Wildman–Crippen LogP) is 2.11. The second-order valence-corrected chi connectivity index (χ2v) is 11.9. The van der Waals surface area contributed by atoms with Crippen LogP contribution in [0.4, 0.5) is 5.69 Å². The van der Waals surface area contributed by atoms with Crippen molar-refractivity contribution in [1.82, 2.24) is 9.62 Å². The Morgan fingerprint density at radius 2 is 1.66 bits per heavy atom. The first-order valence-electron chi connectivity index (χ1n) is 10.6. The molecule has 2 aromatic carbocycles. The van der Waals surface area contributed by atoms with E-state index < -0.39 is 31.9 Å². The SMILES string of the molecule is CC1CS(=O)(=O)N(c2ccc(S(=O)(=O)NCC(c3ccccc3)N3CCCC3)cc2)C1=O. The van der Waals surface area contributed by atoms with Crippen LogP contribution < -0.4 is 9.03 Å². The fourth-order valence-electron chi connectivity index (χ4n) is 4.31. The highest BCUT2D eigenvalue weighted by Gasteiger charge is 2.42. The maximum atomic E-state index is 12.9. The number of nitrogens with zero attached hydrogens (tertiary/aromatic N) is 2. The highest BCUT2D eigenvalue weighted by molar-refractivity contribution is 7.94. The molecular formula is C22H27N3O5S2. The molecule has 2 fully saturated rings. The molecule has 2 aromatic rings. The molecule has 2 aliphatic rings. The van der Waals surface area contributed by atoms with E-state index in [1.54, 1.807) is 6.92 Å². The Labute approximate surface area is 189 Å². The lowest BCUT2D eigenvalue weighted by Crippen LogP contribution is -2.36. The minimum atomic E-state index is -3.82. The van der Waals surface area contributed by atoms with Crippen molar-refractivity contribution in [1.29, 1.82) is 0 Å². The van der Waals surface area contributed by atoms with Crippen molar-refractivity contribution in [2.75, 3.05) is 29.7 Å². The number of hydrogen-bond acceptors (Lipinski definition) is 6. The van der Waals surface area contributed by atoms with Crippen molar-refractivity contribution < 1.29 is 21.6 Å². The van der Waals surface area contributed by atoms with Crippen molar-refractivity contribution in [3.8, 4) is 0 Å². The first-order valence-corrected chi connectivity index (χ1v) is 13.7. The zero-order valence-corrected chi connectivity index (χ0v) is 19.5. The molecule has 0 bridgehead atoms. The quantitative estimate of drug-likeness (QED) is 0.655. The lowest BCUT2D eigenvalue weighted by molar-refractivity contribution is -0.119. The second-order valence-electron chi connectivity index (χ2n) is 8.30. The van der Waals surface area contributed by atoms with E-state index in [1.165, 1.54) is 24.3 Å². The Morgan fingerprint density at radius 1 is 1.03 bits per heavy atom. The van der Waals surface area contributed by atoms with Gasteiger partial charge in [-0.1, -0.05) is 37.3 Å². The van der Waals surface area contributed by atoms with Gasteiger partial charge in [0.1, 0.15) is 0 Å². The number of sulfonamides is 2. The number of rotatable bonds is 7. The van der Waals surface area contributed by atoms with Crippen LogP contribution in [0, 0.1) is 5.92 Å². The zero-order chi connectivity index (χ0) is 22.9. The molecule has 8 nitrogen and oxygen atoms in total. The average molecular weight is 478 g/mol. The molecule has 0 aliphatic carbocycles. The van der Waals surface area contributed by atoms with Crippen molar-refractivity contribution in [2.24, 2.45) is 5.92 Å². The van der Waals surface area contributed by atoms with Gasteiger partial charge < -0.3 is 0 Å². The van der Waals surface area contributed by atoms with Gasteiger partial charge in [0.15, 0.2) is 0 Å². The van der Waals surface area contributed by atoms with E-state index >= 15 is 0 Å². The largest absolute Gasteiger partial charge is 0.295 e. The van der Waals surface area contributed by atoms with E-state index in [0.717, 1.165) is 35.8 Å². The number of nitrogens with one attached hydrogen (secondary N) is 1. The molecule has 0 spiro atoms.